The molecule has 2 bridgehead atoms. The number of nitrogens with one attached hydrogen (secondary N) is 2. The molecule has 0 spiro atoms. The Morgan fingerprint density at radius 3 is 2.20 bits per heavy atom. The van der Waals surface area contributed by atoms with E-state index >= 15 is 0 Å². The summed E-state index contributed by atoms with van der Waals surface area (Å²) in [7, 11) is 0. The number of carbonyl (C=O) groups is 3. The van der Waals surface area contributed by atoms with Gasteiger partial charge in [-0.15, -0.1) is 0 Å². The summed E-state index contributed by atoms with van der Waals surface area (Å²) in [5.41, 5.74) is 5.44. The molecule has 0 aliphatic carbocycles. The van der Waals surface area contributed by atoms with Crippen LogP contribution in [0.1, 0.15) is 82.4 Å². The van der Waals surface area contributed by atoms with Crippen molar-refractivity contribution < 1.29 is 14.4 Å². The van der Waals surface area contributed by atoms with Crippen molar-refractivity contribution in [3.63, 3.8) is 0 Å². The molecule has 1 fully saturated rings. The number of nitrogens with zero attached hydrogens (tertiary/aromatic N) is 2. The van der Waals surface area contributed by atoms with E-state index in [0.717, 1.165) is 29.9 Å². The molecule has 8 heteroatoms. The maximum atomic E-state index is 13.6. The number of Topliss-reactive ketones (excluding diaryl/α,β-unsaturated/α-hetero) is 1. The predicted molar refractivity (Wildman–Crippen MR) is 178 cm³/mol. The molecule has 230 valence electrons. The number of anilines is 3. The summed E-state index contributed by atoms with van der Waals surface area (Å²) in [4.78, 5) is 53.7. The molecule has 2 aliphatic rings. The number of rotatable bonds is 6. The van der Waals surface area contributed by atoms with Gasteiger partial charge < -0.3 is 20.1 Å². The maximum Gasteiger partial charge on any atom is 0.255 e. The van der Waals surface area contributed by atoms with Crippen molar-refractivity contribution in [2.24, 2.45) is 5.92 Å². The van der Waals surface area contributed by atoms with Crippen molar-refractivity contribution in [1.29, 1.82) is 0 Å². The van der Waals surface area contributed by atoms with E-state index in [1.54, 1.807) is 42.5 Å². The van der Waals surface area contributed by atoms with Crippen molar-refractivity contribution in [1.82, 2.24) is 4.57 Å². The van der Waals surface area contributed by atoms with Gasteiger partial charge in [0.1, 0.15) is 0 Å². The highest BCUT2D eigenvalue weighted by Crippen LogP contribution is 2.39. The Morgan fingerprint density at radius 1 is 0.756 bits per heavy atom. The van der Waals surface area contributed by atoms with E-state index in [2.05, 4.69) is 36.3 Å². The molecule has 1 saturated heterocycles. The van der Waals surface area contributed by atoms with Crippen LogP contribution >= 0.6 is 0 Å². The molecule has 3 heterocycles. The summed E-state index contributed by atoms with van der Waals surface area (Å²) in [6.45, 7) is 9.94. The van der Waals surface area contributed by atoms with E-state index in [1.165, 1.54) is 6.92 Å². The third-order valence-corrected chi connectivity index (χ3v) is 8.87. The SMILES string of the molecule is CC(=O)c1cccc(NC(=O)c2ccc(N3CC4CC(C3)c3cccc(=O)n3C4)c(NC(=O)c3ccc(C(C)(C)C)cc3)c2)c1. The molecule has 8 nitrogen and oxygen atoms in total. The van der Waals surface area contributed by atoms with Crippen molar-refractivity contribution in [2.45, 2.75) is 52.0 Å². The molecular formula is C37H38N4O4. The van der Waals surface area contributed by atoms with E-state index < -0.39 is 0 Å². The number of amides is 2. The van der Waals surface area contributed by atoms with Gasteiger partial charge in [-0.2, -0.15) is 0 Å². The second-order valence-electron chi connectivity index (χ2n) is 13.2. The lowest BCUT2D eigenvalue weighted by atomic mass is 9.83. The molecule has 3 aromatic carbocycles. The van der Waals surface area contributed by atoms with Gasteiger partial charge in [0, 0.05) is 59.7 Å². The largest absolute Gasteiger partial charge is 0.369 e. The third kappa shape index (κ3) is 6.32. The minimum atomic E-state index is -0.351. The van der Waals surface area contributed by atoms with Crippen molar-refractivity contribution in [3.05, 3.63) is 123 Å². The molecule has 2 N–H and O–H groups in total. The van der Waals surface area contributed by atoms with Gasteiger partial charge >= 0.3 is 0 Å². The van der Waals surface area contributed by atoms with E-state index in [9.17, 15) is 19.2 Å². The second kappa shape index (κ2) is 11.8. The molecular weight excluding hydrogens is 564 g/mol. The molecule has 2 amide bonds. The van der Waals surface area contributed by atoms with Gasteiger partial charge in [0.05, 0.1) is 11.4 Å². The van der Waals surface area contributed by atoms with Gasteiger partial charge in [0.15, 0.2) is 5.78 Å². The summed E-state index contributed by atoms with van der Waals surface area (Å²) in [6.07, 6.45) is 1.00. The average molecular weight is 603 g/mol. The van der Waals surface area contributed by atoms with Gasteiger partial charge in [-0.05, 0) is 78.8 Å². The number of ketones is 1. The first-order valence-electron chi connectivity index (χ1n) is 15.4. The van der Waals surface area contributed by atoms with Crippen LogP contribution < -0.4 is 21.1 Å². The number of benzene rings is 3. The number of hydrogen-bond acceptors (Lipinski definition) is 5. The Hall–Kier alpha value is -4.98. The van der Waals surface area contributed by atoms with Crippen LogP contribution in [0.3, 0.4) is 0 Å². The smallest absolute Gasteiger partial charge is 0.255 e. The normalized spacial score (nSPS) is 17.3. The topological polar surface area (TPSA) is 101 Å². The fraction of sp³-hybridized carbons (Fsp3) is 0.297. The number of fused-ring (bicyclic) bond motifs is 4. The van der Waals surface area contributed by atoms with Crippen LogP contribution in [0.2, 0.25) is 0 Å². The fourth-order valence-electron chi connectivity index (χ4n) is 6.48. The Morgan fingerprint density at radius 2 is 1.47 bits per heavy atom. The molecule has 2 unspecified atom stereocenters. The van der Waals surface area contributed by atoms with Gasteiger partial charge in [0.2, 0.25) is 0 Å². The van der Waals surface area contributed by atoms with Gasteiger partial charge in [-0.1, -0.05) is 51.1 Å². The van der Waals surface area contributed by atoms with Crippen LogP contribution in [0.25, 0.3) is 0 Å². The maximum absolute atomic E-state index is 13.6. The van der Waals surface area contributed by atoms with Crippen molar-refractivity contribution in [3.8, 4) is 0 Å². The molecule has 2 atom stereocenters. The summed E-state index contributed by atoms with van der Waals surface area (Å²) >= 11 is 0. The lowest BCUT2D eigenvalue weighted by Crippen LogP contribution is -2.47. The van der Waals surface area contributed by atoms with Crippen LogP contribution in [-0.2, 0) is 12.0 Å². The highest BCUT2D eigenvalue weighted by molar-refractivity contribution is 6.09. The first-order valence-corrected chi connectivity index (χ1v) is 15.4. The van der Waals surface area contributed by atoms with Crippen LogP contribution in [0.5, 0.6) is 0 Å². The molecule has 6 rings (SSSR count). The second-order valence-corrected chi connectivity index (χ2v) is 13.2. The van der Waals surface area contributed by atoms with Crippen molar-refractivity contribution in [2.75, 3.05) is 28.6 Å². The molecule has 0 radical (unpaired) electrons. The lowest BCUT2D eigenvalue weighted by molar-refractivity contribution is 0.101. The zero-order valence-electron chi connectivity index (χ0n) is 26.1. The lowest BCUT2D eigenvalue weighted by Gasteiger charge is -2.44. The van der Waals surface area contributed by atoms with E-state index in [1.807, 2.05) is 47.0 Å². The molecule has 4 aromatic rings. The Kier molecular flexibility index (Phi) is 7.91. The quantitative estimate of drug-likeness (QED) is 0.246. The molecule has 1 aromatic heterocycles. The first kappa shape index (κ1) is 30.1. The molecule has 0 saturated carbocycles. The Balaban J connectivity index is 1.32. The summed E-state index contributed by atoms with van der Waals surface area (Å²) in [6, 6.07) is 25.2. The monoisotopic (exact) mass is 602 g/mol. The summed E-state index contributed by atoms with van der Waals surface area (Å²) in [5.74, 6) is -0.249. The predicted octanol–water partition coefficient (Wildman–Crippen LogP) is 6.48. The third-order valence-electron chi connectivity index (χ3n) is 8.87. The number of piperidine rings is 1. The van der Waals surface area contributed by atoms with Crippen LogP contribution in [0.4, 0.5) is 17.1 Å². The van der Waals surface area contributed by atoms with Gasteiger partial charge in [-0.25, -0.2) is 0 Å². The first-order chi connectivity index (χ1) is 21.5. The summed E-state index contributed by atoms with van der Waals surface area (Å²) < 4.78 is 1.90. The van der Waals surface area contributed by atoms with Crippen LogP contribution in [0, 0.1) is 5.92 Å². The average Bonchev–Trinajstić information content (AvgIpc) is 3.01. The van der Waals surface area contributed by atoms with Gasteiger partial charge in [-0.3, -0.25) is 19.2 Å². The number of pyridine rings is 1. The van der Waals surface area contributed by atoms with Crippen molar-refractivity contribution >= 4 is 34.7 Å². The van der Waals surface area contributed by atoms with Gasteiger partial charge in [0.25, 0.3) is 17.4 Å². The highest BCUT2D eigenvalue weighted by Gasteiger charge is 2.35. The van der Waals surface area contributed by atoms with Crippen LogP contribution in [-0.4, -0.2) is 35.3 Å². The molecule has 2 aliphatic heterocycles. The number of carbonyl (C=O) groups excluding carboxylic acids is 3. The fourth-order valence-corrected chi connectivity index (χ4v) is 6.48. The van der Waals surface area contributed by atoms with Crippen LogP contribution in [0.15, 0.2) is 89.7 Å². The number of aromatic nitrogens is 1. The zero-order chi connectivity index (χ0) is 31.9. The molecule has 45 heavy (non-hydrogen) atoms. The standard InChI is InChI=1S/C37H38N4O4/c1-23(42)26-7-5-8-30(18-26)38-36(45)27-13-16-33(31(19-27)39-35(44)25-11-14-29(15-12-25)37(2,3)4)40-20-24-17-28(22-40)32-9-6-10-34(43)41(32)21-24/h5-16,18-19,24,28H,17,20-22H2,1-4H3,(H,38,45)(H,39,44). The zero-order valence-corrected chi connectivity index (χ0v) is 26.1. The van der Waals surface area contributed by atoms with E-state index in [0.29, 0.717) is 41.2 Å². The van der Waals surface area contributed by atoms with E-state index in [4.69, 9.17) is 0 Å². The Labute approximate surface area is 263 Å². The number of hydrogen-bond donors (Lipinski definition) is 2. The minimum absolute atomic E-state index is 0.0327. The highest BCUT2D eigenvalue weighted by atomic mass is 16.2. The van der Waals surface area contributed by atoms with E-state index in [-0.39, 0.29) is 40.4 Å². The summed E-state index contributed by atoms with van der Waals surface area (Å²) in [5, 5.41) is 5.98. The Bertz CT molecular complexity index is 1850. The minimum Gasteiger partial charge on any atom is -0.369 e.